The average Bonchev–Trinajstić information content (AvgIpc) is 2.32. The Bertz CT molecular complexity index is 433. The first-order valence-corrected chi connectivity index (χ1v) is 5.90. The largest absolute Gasteiger partial charge is 0.389 e. The van der Waals surface area contributed by atoms with Gasteiger partial charge in [0.05, 0.1) is 24.0 Å². The molecule has 1 rings (SSSR count). The summed E-state index contributed by atoms with van der Waals surface area (Å²) in [5, 5.41) is 12.1. The minimum absolute atomic E-state index is 0.0297. The summed E-state index contributed by atoms with van der Waals surface area (Å²) in [6, 6.07) is 1.89. The second kappa shape index (κ2) is 6.25. The molecule has 0 aliphatic carbocycles. The van der Waals surface area contributed by atoms with Crippen molar-refractivity contribution in [2.75, 3.05) is 18.5 Å². The van der Waals surface area contributed by atoms with E-state index in [1.807, 2.05) is 20.8 Å². The molecule has 0 aliphatic heterocycles. The zero-order valence-corrected chi connectivity index (χ0v) is 11.1. The van der Waals surface area contributed by atoms with Crippen molar-refractivity contribution in [2.45, 2.75) is 32.5 Å². The molecular formula is C13H18F3NO2. The number of hydrogen-bond acceptors (Lipinski definition) is 3. The van der Waals surface area contributed by atoms with Crippen molar-refractivity contribution in [1.82, 2.24) is 0 Å². The first kappa shape index (κ1) is 15.8. The number of ether oxygens (including phenoxy) is 1. The third-order valence-corrected chi connectivity index (χ3v) is 2.27. The van der Waals surface area contributed by atoms with Crippen molar-refractivity contribution >= 4 is 5.69 Å². The summed E-state index contributed by atoms with van der Waals surface area (Å²) in [4.78, 5) is 0. The number of anilines is 1. The third kappa shape index (κ3) is 5.08. The highest BCUT2D eigenvalue weighted by atomic mass is 19.2. The maximum atomic E-state index is 13.3. The quantitative estimate of drug-likeness (QED) is 0.813. The number of aliphatic hydroxyl groups excluding tert-OH is 1. The summed E-state index contributed by atoms with van der Waals surface area (Å²) < 4.78 is 44.3. The van der Waals surface area contributed by atoms with Gasteiger partial charge in [-0.2, -0.15) is 0 Å². The highest BCUT2D eigenvalue weighted by molar-refractivity contribution is 5.45. The minimum atomic E-state index is -1.54. The van der Waals surface area contributed by atoms with Gasteiger partial charge in [-0.05, 0) is 32.9 Å². The Morgan fingerprint density at radius 2 is 1.84 bits per heavy atom. The van der Waals surface area contributed by atoms with Crippen molar-refractivity contribution in [3.63, 3.8) is 0 Å². The Morgan fingerprint density at radius 3 is 2.42 bits per heavy atom. The molecular weight excluding hydrogens is 259 g/mol. The van der Waals surface area contributed by atoms with Crippen molar-refractivity contribution < 1.29 is 23.0 Å². The SMILES string of the molecule is CC(C)(C)OCC(O)CNc1ccc(F)c(F)c1F. The molecule has 1 atom stereocenters. The molecule has 0 bridgehead atoms. The molecule has 0 radical (unpaired) electrons. The average molecular weight is 277 g/mol. The Kier molecular flexibility index (Phi) is 5.20. The van der Waals surface area contributed by atoms with Gasteiger partial charge in [0.1, 0.15) is 0 Å². The molecule has 0 spiro atoms. The van der Waals surface area contributed by atoms with E-state index in [1.165, 1.54) is 0 Å². The minimum Gasteiger partial charge on any atom is -0.389 e. The van der Waals surface area contributed by atoms with Gasteiger partial charge in [0.15, 0.2) is 17.5 Å². The molecule has 0 fully saturated rings. The van der Waals surface area contributed by atoms with Crippen LogP contribution in [0.15, 0.2) is 12.1 Å². The van der Waals surface area contributed by atoms with Crippen molar-refractivity contribution in [3.8, 4) is 0 Å². The number of halogens is 3. The summed E-state index contributed by atoms with van der Waals surface area (Å²) in [5.74, 6) is -4.09. The van der Waals surface area contributed by atoms with E-state index in [4.69, 9.17) is 4.74 Å². The van der Waals surface area contributed by atoms with Crippen LogP contribution in [0, 0.1) is 17.5 Å². The van der Waals surface area contributed by atoms with Crippen LogP contribution in [0.4, 0.5) is 18.9 Å². The second-order valence-electron chi connectivity index (χ2n) is 5.18. The zero-order valence-electron chi connectivity index (χ0n) is 11.1. The van der Waals surface area contributed by atoms with E-state index >= 15 is 0 Å². The smallest absolute Gasteiger partial charge is 0.196 e. The molecule has 0 heterocycles. The molecule has 0 amide bonds. The number of rotatable bonds is 5. The maximum Gasteiger partial charge on any atom is 0.196 e. The molecule has 0 aliphatic rings. The Hall–Kier alpha value is -1.27. The lowest BCUT2D eigenvalue weighted by Crippen LogP contribution is -2.30. The topological polar surface area (TPSA) is 41.5 Å². The maximum absolute atomic E-state index is 13.3. The molecule has 0 saturated carbocycles. The van der Waals surface area contributed by atoms with Crippen molar-refractivity contribution in [3.05, 3.63) is 29.6 Å². The van der Waals surface area contributed by atoms with Crippen LogP contribution in [0.3, 0.4) is 0 Å². The van der Waals surface area contributed by atoms with Crippen LogP contribution in [0.1, 0.15) is 20.8 Å². The summed E-state index contributed by atoms with van der Waals surface area (Å²) in [6.45, 7) is 5.53. The summed E-state index contributed by atoms with van der Waals surface area (Å²) in [7, 11) is 0. The fourth-order valence-corrected chi connectivity index (χ4v) is 1.30. The van der Waals surface area contributed by atoms with Crippen LogP contribution < -0.4 is 5.32 Å². The molecule has 0 aromatic heterocycles. The molecule has 0 saturated heterocycles. The van der Waals surface area contributed by atoms with Gasteiger partial charge in [0.25, 0.3) is 0 Å². The van der Waals surface area contributed by atoms with Gasteiger partial charge < -0.3 is 15.2 Å². The zero-order chi connectivity index (χ0) is 14.6. The molecule has 1 unspecified atom stereocenters. The van der Waals surface area contributed by atoms with Crippen LogP contribution in [0.2, 0.25) is 0 Å². The first-order chi connectivity index (χ1) is 8.70. The van der Waals surface area contributed by atoms with Gasteiger partial charge in [0, 0.05) is 6.54 Å². The lowest BCUT2D eigenvalue weighted by atomic mass is 10.2. The number of hydrogen-bond donors (Lipinski definition) is 2. The third-order valence-electron chi connectivity index (χ3n) is 2.27. The van der Waals surface area contributed by atoms with Gasteiger partial charge in [-0.1, -0.05) is 0 Å². The van der Waals surface area contributed by atoms with Crippen LogP contribution in [-0.4, -0.2) is 30.0 Å². The molecule has 19 heavy (non-hydrogen) atoms. The normalized spacial score (nSPS) is 13.4. The fourth-order valence-electron chi connectivity index (χ4n) is 1.30. The molecule has 6 heteroatoms. The van der Waals surface area contributed by atoms with E-state index < -0.39 is 29.2 Å². The highest BCUT2D eigenvalue weighted by Crippen LogP contribution is 2.19. The van der Waals surface area contributed by atoms with Gasteiger partial charge in [-0.25, -0.2) is 13.2 Å². The number of aliphatic hydroxyl groups is 1. The predicted octanol–water partition coefficient (Wildman–Crippen LogP) is 2.69. The van der Waals surface area contributed by atoms with Gasteiger partial charge >= 0.3 is 0 Å². The first-order valence-electron chi connectivity index (χ1n) is 5.90. The summed E-state index contributed by atoms with van der Waals surface area (Å²) in [5.41, 5.74) is -0.595. The molecule has 1 aromatic carbocycles. The molecule has 1 aromatic rings. The fraction of sp³-hybridized carbons (Fsp3) is 0.538. The van der Waals surface area contributed by atoms with Crippen LogP contribution in [-0.2, 0) is 4.74 Å². The van der Waals surface area contributed by atoms with Crippen molar-refractivity contribution in [2.24, 2.45) is 0 Å². The summed E-state index contributed by atoms with van der Waals surface area (Å²) in [6.07, 6.45) is -0.883. The van der Waals surface area contributed by atoms with Crippen LogP contribution in [0.5, 0.6) is 0 Å². The van der Waals surface area contributed by atoms with E-state index in [2.05, 4.69) is 5.32 Å². The molecule has 2 N–H and O–H groups in total. The van der Waals surface area contributed by atoms with Crippen LogP contribution in [0.25, 0.3) is 0 Å². The van der Waals surface area contributed by atoms with E-state index in [0.29, 0.717) is 0 Å². The Morgan fingerprint density at radius 1 is 1.21 bits per heavy atom. The monoisotopic (exact) mass is 277 g/mol. The lowest BCUT2D eigenvalue weighted by Gasteiger charge is -2.22. The predicted molar refractivity (Wildman–Crippen MR) is 66.5 cm³/mol. The number of benzene rings is 1. The van der Waals surface area contributed by atoms with Crippen molar-refractivity contribution in [1.29, 1.82) is 0 Å². The van der Waals surface area contributed by atoms with Gasteiger partial charge in [-0.3, -0.25) is 0 Å². The van der Waals surface area contributed by atoms with E-state index in [0.717, 1.165) is 12.1 Å². The van der Waals surface area contributed by atoms with Gasteiger partial charge in [0.2, 0.25) is 0 Å². The lowest BCUT2D eigenvalue weighted by molar-refractivity contribution is -0.0449. The molecule has 108 valence electrons. The van der Waals surface area contributed by atoms with E-state index in [9.17, 15) is 18.3 Å². The highest BCUT2D eigenvalue weighted by Gasteiger charge is 2.16. The summed E-state index contributed by atoms with van der Waals surface area (Å²) >= 11 is 0. The van der Waals surface area contributed by atoms with Gasteiger partial charge in [-0.15, -0.1) is 0 Å². The second-order valence-corrected chi connectivity index (χ2v) is 5.18. The van der Waals surface area contributed by atoms with E-state index in [1.54, 1.807) is 0 Å². The molecule has 3 nitrogen and oxygen atoms in total. The number of nitrogens with one attached hydrogen (secondary N) is 1. The standard InChI is InChI=1S/C13H18F3NO2/c1-13(2,3)19-7-8(18)6-17-10-5-4-9(14)11(15)12(10)16/h4-5,8,17-18H,6-7H2,1-3H3. The van der Waals surface area contributed by atoms with Crippen LogP contribution >= 0.6 is 0 Å². The van der Waals surface area contributed by atoms with E-state index in [-0.39, 0.29) is 18.8 Å². The Balaban J connectivity index is 2.51. The Labute approximate surface area is 110 Å².